The molecule has 1 N–H and O–H groups in total. The van der Waals surface area contributed by atoms with Crippen molar-refractivity contribution in [3.05, 3.63) is 0 Å². The second-order valence-corrected chi connectivity index (χ2v) is 8.88. The van der Waals surface area contributed by atoms with Crippen LogP contribution in [0.4, 0.5) is 0 Å². The molecule has 0 aromatic carbocycles. The van der Waals surface area contributed by atoms with Crippen molar-refractivity contribution in [1.82, 2.24) is 5.32 Å². The minimum absolute atomic E-state index is 0.359. The third-order valence-corrected chi connectivity index (χ3v) is 6.30. The van der Waals surface area contributed by atoms with Crippen molar-refractivity contribution in [2.24, 2.45) is 5.92 Å². The van der Waals surface area contributed by atoms with Gasteiger partial charge in [0.15, 0.2) is 9.84 Å². The van der Waals surface area contributed by atoms with Gasteiger partial charge >= 0.3 is 0 Å². The Bertz CT molecular complexity index is 341. The van der Waals surface area contributed by atoms with E-state index in [-0.39, 0.29) is 0 Å². The fourth-order valence-electron chi connectivity index (χ4n) is 3.08. The smallest absolute Gasteiger partial charge is 0.150 e. The number of nitrogens with one attached hydrogen (secondary N) is 1. The van der Waals surface area contributed by atoms with Crippen LogP contribution in [-0.2, 0) is 9.84 Å². The summed E-state index contributed by atoms with van der Waals surface area (Å²) < 4.78 is 22.7. The Morgan fingerprint density at radius 2 is 1.48 bits per heavy atom. The maximum Gasteiger partial charge on any atom is 0.150 e. The lowest BCUT2D eigenvalue weighted by Crippen LogP contribution is -2.24. The molecule has 0 bridgehead atoms. The molecule has 1 unspecified atom stereocenters. The first-order chi connectivity index (χ1) is 10.1. The molecule has 0 aliphatic carbocycles. The Morgan fingerprint density at radius 1 is 0.905 bits per heavy atom. The Labute approximate surface area is 132 Å². The molecule has 1 fully saturated rings. The molecule has 0 aromatic rings. The van der Waals surface area contributed by atoms with Gasteiger partial charge in [-0.05, 0) is 31.8 Å². The van der Waals surface area contributed by atoms with Crippen LogP contribution in [0.5, 0.6) is 0 Å². The third kappa shape index (κ3) is 10.3. The standard InChI is InChI=1S/C17H35NO2S/c1-2-3-4-5-6-7-8-9-10-11-13-18-15-17-12-14-21(19,20)16-17/h17-18H,2-16H2,1H3. The van der Waals surface area contributed by atoms with Gasteiger partial charge in [0, 0.05) is 0 Å². The van der Waals surface area contributed by atoms with Crippen LogP contribution < -0.4 is 5.32 Å². The van der Waals surface area contributed by atoms with E-state index in [0.717, 1.165) is 19.5 Å². The Hall–Kier alpha value is -0.0900. The molecule has 0 aromatic heterocycles. The van der Waals surface area contributed by atoms with E-state index in [0.29, 0.717) is 17.4 Å². The second kappa shape index (κ2) is 11.5. The normalized spacial score (nSPS) is 20.9. The summed E-state index contributed by atoms with van der Waals surface area (Å²) in [6.07, 6.45) is 14.5. The van der Waals surface area contributed by atoms with Crippen LogP contribution in [0, 0.1) is 5.92 Å². The van der Waals surface area contributed by atoms with Gasteiger partial charge in [-0.1, -0.05) is 64.7 Å². The molecule has 0 radical (unpaired) electrons. The Morgan fingerprint density at radius 3 is 2.00 bits per heavy atom. The van der Waals surface area contributed by atoms with Gasteiger partial charge in [-0.3, -0.25) is 0 Å². The minimum atomic E-state index is -2.70. The van der Waals surface area contributed by atoms with Crippen molar-refractivity contribution in [1.29, 1.82) is 0 Å². The average Bonchev–Trinajstić information content (AvgIpc) is 2.79. The quantitative estimate of drug-likeness (QED) is 0.524. The van der Waals surface area contributed by atoms with Gasteiger partial charge in [-0.2, -0.15) is 0 Å². The fourth-order valence-corrected chi connectivity index (χ4v) is 4.94. The molecule has 1 rings (SSSR count). The van der Waals surface area contributed by atoms with Crippen molar-refractivity contribution in [3.8, 4) is 0 Å². The Balaban J connectivity index is 1.77. The van der Waals surface area contributed by atoms with Crippen molar-refractivity contribution >= 4 is 9.84 Å². The summed E-state index contributed by atoms with van der Waals surface area (Å²) in [6.45, 7) is 4.20. The summed E-state index contributed by atoms with van der Waals surface area (Å²) in [5.74, 6) is 1.16. The van der Waals surface area contributed by atoms with E-state index in [1.807, 2.05) is 0 Å². The van der Waals surface area contributed by atoms with Crippen molar-refractivity contribution in [3.63, 3.8) is 0 Å². The van der Waals surface area contributed by atoms with Crippen LogP contribution in [0.3, 0.4) is 0 Å². The van der Waals surface area contributed by atoms with Gasteiger partial charge in [-0.25, -0.2) is 8.42 Å². The molecule has 21 heavy (non-hydrogen) atoms. The molecule has 1 saturated heterocycles. The lowest BCUT2D eigenvalue weighted by atomic mass is 10.1. The predicted octanol–water partition coefficient (Wildman–Crippen LogP) is 3.93. The maximum absolute atomic E-state index is 11.3. The largest absolute Gasteiger partial charge is 0.316 e. The predicted molar refractivity (Wildman–Crippen MR) is 91.5 cm³/mol. The van der Waals surface area contributed by atoms with Crippen molar-refractivity contribution in [2.75, 3.05) is 24.6 Å². The van der Waals surface area contributed by atoms with Gasteiger partial charge in [0.05, 0.1) is 11.5 Å². The zero-order valence-corrected chi connectivity index (χ0v) is 14.7. The van der Waals surface area contributed by atoms with Gasteiger partial charge in [-0.15, -0.1) is 0 Å². The lowest BCUT2D eigenvalue weighted by molar-refractivity contribution is 0.499. The van der Waals surface area contributed by atoms with Crippen LogP contribution >= 0.6 is 0 Å². The number of hydrogen-bond donors (Lipinski definition) is 1. The van der Waals surface area contributed by atoms with Crippen LogP contribution in [0.25, 0.3) is 0 Å². The minimum Gasteiger partial charge on any atom is -0.316 e. The van der Waals surface area contributed by atoms with E-state index in [2.05, 4.69) is 12.2 Å². The summed E-state index contributed by atoms with van der Waals surface area (Å²) in [4.78, 5) is 0. The van der Waals surface area contributed by atoms with Crippen molar-refractivity contribution in [2.45, 2.75) is 77.6 Å². The molecule has 4 heteroatoms. The first-order valence-electron chi connectivity index (χ1n) is 9.05. The van der Waals surface area contributed by atoms with Gasteiger partial charge in [0.2, 0.25) is 0 Å². The molecule has 126 valence electrons. The van der Waals surface area contributed by atoms with E-state index in [4.69, 9.17) is 0 Å². The molecule has 1 aliphatic rings. The van der Waals surface area contributed by atoms with Crippen molar-refractivity contribution < 1.29 is 8.42 Å². The summed E-state index contributed by atoms with van der Waals surface area (Å²) in [6, 6.07) is 0. The van der Waals surface area contributed by atoms with E-state index in [9.17, 15) is 8.42 Å². The van der Waals surface area contributed by atoms with Crippen LogP contribution in [-0.4, -0.2) is 33.0 Å². The molecule has 0 saturated carbocycles. The van der Waals surface area contributed by atoms with E-state index < -0.39 is 9.84 Å². The highest BCUT2D eigenvalue weighted by Gasteiger charge is 2.27. The SMILES string of the molecule is CCCCCCCCCCCCNCC1CCS(=O)(=O)C1. The Kier molecular flexibility index (Phi) is 10.4. The molecule has 1 heterocycles. The topological polar surface area (TPSA) is 46.2 Å². The highest BCUT2D eigenvalue weighted by Crippen LogP contribution is 2.17. The average molecular weight is 318 g/mol. The summed E-state index contributed by atoms with van der Waals surface area (Å²) in [7, 11) is -2.70. The van der Waals surface area contributed by atoms with E-state index >= 15 is 0 Å². The first kappa shape index (κ1) is 19.0. The second-order valence-electron chi connectivity index (χ2n) is 6.66. The molecular formula is C17H35NO2S. The lowest BCUT2D eigenvalue weighted by Gasteiger charge is -2.09. The van der Waals surface area contributed by atoms with Crippen LogP contribution in [0.2, 0.25) is 0 Å². The van der Waals surface area contributed by atoms with E-state index in [1.54, 1.807) is 0 Å². The maximum atomic E-state index is 11.3. The summed E-state index contributed by atoms with van der Waals surface area (Å²) >= 11 is 0. The van der Waals surface area contributed by atoms with E-state index in [1.165, 1.54) is 64.2 Å². The first-order valence-corrected chi connectivity index (χ1v) is 10.9. The molecule has 0 amide bonds. The fraction of sp³-hybridized carbons (Fsp3) is 1.00. The number of hydrogen-bond acceptors (Lipinski definition) is 3. The van der Waals surface area contributed by atoms with Crippen LogP contribution in [0.15, 0.2) is 0 Å². The number of sulfone groups is 1. The molecule has 1 atom stereocenters. The van der Waals surface area contributed by atoms with Crippen LogP contribution in [0.1, 0.15) is 77.6 Å². The molecular weight excluding hydrogens is 282 g/mol. The summed E-state index contributed by atoms with van der Waals surface area (Å²) in [5.41, 5.74) is 0. The third-order valence-electron chi connectivity index (χ3n) is 4.47. The molecule has 0 spiro atoms. The molecule has 1 aliphatic heterocycles. The van der Waals surface area contributed by atoms with Gasteiger partial charge in [0.25, 0.3) is 0 Å². The summed E-state index contributed by atoms with van der Waals surface area (Å²) in [5, 5.41) is 3.43. The zero-order valence-electron chi connectivity index (χ0n) is 13.9. The monoisotopic (exact) mass is 317 g/mol. The highest BCUT2D eigenvalue weighted by molar-refractivity contribution is 7.91. The van der Waals surface area contributed by atoms with Gasteiger partial charge < -0.3 is 5.32 Å². The highest BCUT2D eigenvalue weighted by atomic mass is 32.2. The number of unbranched alkanes of at least 4 members (excludes halogenated alkanes) is 9. The molecule has 3 nitrogen and oxygen atoms in total. The number of rotatable bonds is 13. The zero-order chi connectivity index (χ0) is 15.4. The van der Waals surface area contributed by atoms with Gasteiger partial charge in [0.1, 0.15) is 0 Å².